The largest absolute Gasteiger partial charge is 0.493 e. The van der Waals surface area contributed by atoms with E-state index < -0.39 is 33.7 Å². The van der Waals surface area contributed by atoms with Crippen molar-refractivity contribution in [2.45, 2.75) is 13.3 Å². The Morgan fingerprint density at radius 2 is 1.69 bits per heavy atom. The van der Waals surface area contributed by atoms with Crippen LogP contribution in [0.5, 0.6) is 34.5 Å². The van der Waals surface area contributed by atoms with Gasteiger partial charge < -0.3 is 33.9 Å². The smallest absolute Gasteiger partial charge is 0.271 e. The van der Waals surface area contributed by atoms with Gasteiger partial charge in [-0.2, -0.15) is 10.6 Å². The molecule has 284 valence electrons. The number of halogens is 2. The quantitative estimate of drug-likeness (QED) is 0.116. The summed E-state index contributed by atoms with van der Waals surface area (Å²) in [4.78, 5) is 33.6. The van der Waals surface area contributed by atoms with E-state index in [1.807, 2.05) is 0 Å². The standard InChI is InChI=1S/C38H38F2N4O9S/c1-2-49-30-11-14-44(26-7-4-24(39)5-8-26)38(46)34(30)37(45)42-25-6-9-29(27(40)22-25)53-31-10-12-41-28-23-32(35-36(33(28)31)52-19-18-51-35)50-17-3-13-43-15-20-54(47,48)21-16-43/h4-12,14,22-23,47-48H,2-3,13,15-21H2,1H3,(H,42,45). The highest BCUT2D eigenvalue weighted by Gasteiger charge is 2.26. The third-order valence-electron chi connectivity index (χ3n) is 8.88. The predicted octanol–water partition coefficient (Wildman–Crippen LogP) is 6.71. The Kier molecular flexibility index (Phi) is 10.9. The summed E-state index contributed by atoms with van der Waals surface area (Å²) in [6, 6.07) is 13.8. The van der Waals surface area contributed by atoms with Crippen LogP contribution >= 0.6 is 10.6 Å². The van der Waals surface area contributed by atoms with Gasteiger partial charge in [-0.25, -0.2) is 8.78 Å². The van der Waals surface area contributed by atoms with Crippen molar-refractivity contribution in [3.8, 4) is 40.2 Å². The number of anilines is 1. The Hall–Kier alpha value is -5.42. The molecule has 3 N–H and O–H groups in total. The lowest BCUT2D eigenvalue weighted by Crippen LogP contribution is -2.39. The third kappa shape index (κ3) is 8.06. The molecule has 0 spiro atoms. The maximum absolute atomic E-state index is 15.6. The highest BCUT2D eigenvalue weighted by molar-refractivity contribution is 8.24. The second-order valence-corrected chi connectivity index (χ2v) is 14.9. The lowest BCUT2D eigenvalue weighted by Gasteiger charge is -2.40. The normalized spacial score (nSPS) is 15.7. The SMILES string of the molecule is CCOc1ccn(-c2ccc(F)cc2)c(=O)c1C(=O)Nc1ccc(Oc2ccnc3cc(OCCCN4CCS(O)(O)CC4)c4c(c23)OCCO4)c(F)c1. The third-order valence-corrected chi connectivity index (χ3v) is 10.6. The van der Waals surface area contributed by atoms with Crippen molar-refractivity contribution < 1.29 is 46.4 Å². The molecule has 1 amide bonds. The Labute approximate surface area is 310 Å². The van der Waals surface area contributed by atoms with Crippen molar-refractivity contribution in [2.75, 3.05) is 62.9 Å². The fourth-order valence-electron chi connectivity index (χ4n) is 6.21. The van der Waals surface area contributed by atoms with E-state index in [1.165, 1.54) is 59.4 Å². The van der Waals surface area contributed by atoms with Crippen molar-refractivity contribution in [1.82, 2.24) is 14.5 Å². The molecule has 13 nitrogen and oxygen atoms in total. The van der Waals surface area contributed by atoms with Gasteiger partial charge in [-0.05, 0) is 61.9 Å². The number of carbonyl (C=O) groups excluding carboxylic acids is 1. The molecule has 2 aliphatic heterocycles. The molecule has 16 heteroatoms. The number of rotatable bonds is 12. The number of aromatic nitrogens is 2. The molecule has 0 saturated carbocycles. The van der Waals surface area contributed by atoms with Crippen LogP contribution < -0.4 is 34.6 Å². The van der Waals surface area contributed by atoms with Crippen molar-refractivity contribution >= 4 is 33.1 Å². The number of hydrogen-bond donors (Lipinski definition) is 3. The minimum Gasteiger partial charge on any atom is -0.493 e. The van der Waals surface area contributed by atoms with Gasteiger partial charge in [0.2, 0.25) is 5.75 Å². The van der Waals surface area contributed by atoms with Crippen LogP contribution in [0.3, 0.4) is 0 Å². The summed E-state index contributed by atoms with van der Waals surface area (Å²) in [5.41, 5.74) is -0.162. The summed E-state index contributed by atoms with van der Waals surface area (Å²) in [5, 5.41) is 3.02. The van der Waals surface area contributed by atoms with Crippen molar-refractivity contribution in [2.24, 2.45) is 0 Å². The van der Waals surface area contributed by atoms with Gasteiger partial charge >= 0.3 is 0 Å². The van der Waals surface area contributed by atoms with Gasteiger partial charge in [0.25, 0.3) is 11.5 Å². The first kappa shape index (κ1) is 36.9. The average molecular weight is 765 g/mol. The number of fused-ring (bicyclic) bond motifs is 3. The molecule has 7 rings (SSSR count). The topological polar surface area (TPSA) is 154 Å². The Bertz CT molecular complexity index is 2230. The Morgan fingerprint density at radius 1 is 0.926 bits per heavy atom. The number of nitrogens with zero attached hydrogens (tertiary/aromatic N) is 3. The van der Waals surface area contributed by atoms with Crippen LogP contribution in [0.2, 0.25) is 0 Å². The first-order chi connectivity index (χ1) is 26.1. The zero-order chi connectivity index (χ0) is 37.8. The molecule has 0 atom stereocenters. The number of benzene rings is 3. The summed E-state index contributed by atoms with van der Waals surface area (Å²) >= 11 is 0. The number of amides is 1. The molecule has 1 fully saturated rings. The van der Waals surface area contributed by atoms with E-state index in [4.69, 9.17) is 23.7 Å². The van der Waals surface area contributed by atoms with Crippen LogP contribution in [0, 0.1) is 11.6 Å². The van der Waals surface area contributed by atoms with Gasteiger partial charge in [0.1, 0.15) is 36.1 Å². The molecular weight excluding hydrogens is 727 g/mol. The summed E-state index contributed by atoms with van der Waals surface area (Å²) in [6.45, 7) is 4.81. The fourth-order valence-corrected chi connectivity index (χ4v) is 7.51. The molecule has 0 aliphatic carbocycles. The zero-order valence-corrected chi connectivity index (χ0v) is 30.1. The van der Waals surface area contributed by atoms with Gasteiger partial charge in [0.15, 0.2) is 23.1 Å². The molecule has 54 heavy (non-hydrogen) atoms. The van der Waals surface area contributed by atoms with Crippen LogP contribution in [-0.2, 0) is 0 Å². The number of carbonyl (C=O) groups is 1. The lowest BCUT2D eigenvalue weighted by atomic mass is 10.1. The van der Waals surface area contributed by atoms with Crippen molar-refractivity contribution in [1.29, 1.82) is 0 Å². The first-order valence-electron chi connectivity index (χ1n) is 17.3. The van der Waals surface area contributed by atoms with Crippen LogP contribution in [-0.4, -0.2) is 87.0 Å². The molecule has 3 aromatic carbocycles. The van der Waals surface area contributed by atoms with Crippen LogP contribution in [0.4, 0.5) is 14.5 Å². The highest BCUT2D eigenvalue weighted by Crippen LogP contribution is 2.48. The average Bonchev–Trinajstić information content (AvgIpc) is 3.15. The fraction of sp³-hybridized carbons (Fsp3) is 0.289. The first-order valence-corrected chi connectivity index (χ1v) is 19.2. The van der Waals surface area contributed by atoms with E-state index in [9.17, 15) is 23.1 Å². The van der Waals surface area contributed by atoms with Crippen LogP contribution in [0.1, 0.15) is 23.7 Å². The van der Waals surface area contributed by atoms with Gasteiger partial charge in [-0.15, -0.1) is 0 Å². The summed E-state index contributed by atoms with van der Waals surface area (Å²) < 4.78 is 79.8. The maximum Gasteiger partial charge on any atom is 0.271 e. The lowest BCUT2D eigenvalue weighted by molar-refractivity contribution is 0.102. The zero-order valence-electron chi connectivity index (χ0n) is 29.3. The predicted molar refractivity (Wildman–Crippen MR) is 199 cm³/mol. The molecule has 0 radical (unpaired) electrons. The van der Waals surface area contributed by atoms with E-state index in [0.717, 1.165) is 12.6 Å². The number of ether oxygens (including phenoxy) is 5. The maximum atomic E-state index is 15.6. The molecule has 5 aromatic rings. The molecule has 0 unspecified atom stereocenters. The van der Waals surface area contributed by atoms with Crippen LogP contribution in [0.15, 0.2) is 77.9 Å². The molecule has 2 aromatic heterocycles. The molecule has 1 saturated heterocycles. The number of hydrogen-bond acceptors (Lipinski definition) is 11. The van der Waals surface area contributed by atoms with Gasteiger partial charge in [-0.1, -0.05) is 0 Å². The second-order valence-electron chi connectivity index (χ2n) is 12.5. The summed E-state index contributed by atoms with van der Waals surface area (Å²) in [7, 11) is -2.45. The van der Waals surface area contributed by atoms with E-state index in [-0.39, 0.29) is 41.7 Å². The van der Waals surface area contributed by atoms with Crippen molar-refractivity contribution in [3.05, 3.63) is 101 Å². The van der Waals surface area contributed by atoms with Gasteiger partial charge in [0.05, 0.1) is 35.6 Å². The highest BCUT2D eigenvalue weighted by atomic mass is 32.3. The second kappa shape index (κ2) is 15.9. The van der Waals surface area contributed by atoms with Crippen molar-refractivity contribution in [3.63, 3.8) is 0 Å². The van der Waals surface area contributed by atoms with Gasteiger partial charge in [0, 0.05) is 55.5 Å². The van der Waals surface area contributed by atoms with Crippen LogP contribution in [0.25, 0.3) is 16.6 Å². The van der Waals surface area contributed by atoms with E-state index in [2.05, 4.69) is 15.2 Å². The summed E-state index contributed by atoms with van der Waals surface area (Å²) in [6.07, 6.45) is 3.64. The van der Waals surface area contributed by atoms with Gasteiger partial charge in [-0.3, -0.25) is 28.2 Å². The number of pyridine rings is 2. The molecule has 4 heterocycles. The molecule has 0 bridgehead atoms. The number of nitrogens with one attached hydrogen (secondary N) is 1. The summed E-state index contributed by atoms with van der Waals surface area (Å²) in [5.74, 6) is -0.0608. The minimum absolute atomic E-state index is 0.0347. The van der Waals surface area contributed by atoms with E-state index in [0.29, 0.717) is 78.1 Å². The van der Waals surface area contributed by atoms with E-state index >= 15 is 4.39 Å². The monoisotopic (exact) mass is 764 g/mol. The van der Waals surface area contributed by atoms with E-state index in [1.54, 1.807) is 19.1 Å². The Balaban J connectivity index is 1.08. The molecule has 2 aliphatic rings. The molecular formula is C38H38F2N4O9S. The minimum atomic E-state index is -2.45. The Morgan fingerprint density at radius 3 is 2.43 bits per heavy atom.